The Kier molecular flexibility index (Phi) is 6.56. The molecule has 1 fully saturated rings. The van der Waals surface area contributed by atoms with Crippen LogP contribution in [0.2, 0.25) is 5.02 Å². The molecule has 0 saturated carbocycles. The smallest absolute Gasteiger partial charge is 0.288 e. The lowest BCUT2D eigenvalue weighted by Crippen LogP contribution is -2.50. The van der Waals surface area contributed by atoms with E-state index in [1.54, 1.807) is 6.07 Å². The molecule has 0 aromatic heterocycles. The molecule has 9 heteroatoms. The maximum Gasteiger partial charge on any atom is 0.288 e. The normalized spacial score (nSPS) is 14.0. The van der Waals surface area contributed by atoms with Crippen LogP contribution in [0, 0.1) is 16.0 Å². The molecule has 0 spiro atoms. The summed E-state index contributed by atoms with van der Waals surface area (Å²) in [7, 11) is 0. The van der Waals surface area contributed by atoms with E-state index in [-0.39, 0.29) is 28.1 Å². The van der Waals surface area contributed by atoms with E-state index in [1.807, 2.05) is 36.9 Å². The number of nitro benzene ring substituents is 1. The monoisotopic (exact) mass is 430 g/mol. The van der Waals surface area contributed by atoms with Gasteiger partial charge in [-0.2, -0.15) is 0 Å². The highest BCUT2D eigenvalue weighted by molar-refractivity contribution is 6.32. The quantitative estimate of drug-likeness (QED) is 0.574. The Bertz CT molecular complexity index is 971. The lowest BCUT2D eigenvalue weighted by Gasteiger charge is -2.37. The van der Waals surface area contributed by atoms with Gasteiger partial charge < -0.3 is 15.1 Å². The molecule has 1 aliphatic rings. The molecule has 0 atom stereocenters. The van der Waals surface area contributed by atoms with E-state index in [0.29, 0.717) is 31.9 Å². The summed E-state index contributed by atoms with van der Waals surface area (Å²) in [4.78, 5) is 39.3. The molecule has 0 radical (unpaired) electrons. The van der Waals surface area contributed by atoms with Crippen LogP contribution in [0.4, 0.5) is 17.1 Å². The number of hydrogen-bond donors (Lipinski definition) is 1. The summed E-state index contributed by atoms with van der Waals surface area (Å²) in [6, 6.07) is 11.3. The predicted octanol–water partition coefficient (Wildman–Crippen LogP) is 3.81. The van der Waals surface area contributed by atoms with Crippen LogP contribution in [0.1, 0.15) is 24.2 Å². The van der Waals surface area contributed by atoms with Crippen molar-refractivity contribution < 1.29 is 14.5 Å². The number of anilines is 2. The van der Waals surface area contributed by atoms with E-state index in [0.717, 1.165) is 11.8 Å². The van der Waals surface area contributed by atoms with Crippen molar-refractivity contribution >= 4 is 40.5 Å². The number of para-hydroxylation sites is 2. The second-order valence-electron chi connectivity index (χ2n) is 7.36. The molecule has 1 heterocycles. The zero-order valence-corrected chi connectivity index (χ0v) is 17.6. The number of piperazine rings is 1. The molecule has 30 heavy (non-hydrogen) atoms. The van der Waals surface area contributed by atoms with Crippen LogP contribution in [-0.4, -0.2) is 47.8 Å². The van der Waals surface area contributed by atoms with Crippen molar-refractivity contribution in [3.63, 3.8) is 0 Å². The van der Waals surface area contributed by atoms with Crippen molar-refractivity contribution in [3.05, 3.63) is 63.2 Å². The van der Waals surface area contributed by atoms with Gasteiger partial charge in [0.2, 0.25) is 5.91 Å². The van der Waals surface area contributed by atoms with Gasteiger partial charge >= 0.3 is 0 Å². The van der Waals surface area contributed by atoms with Crippen molar-refractivity contribution in [1.82, 2.24) is 4.90 Å². The zero-order chi connectivity index (χ0) is 21.8. The SMILES string of the molecule is CC(C)C(=O)N1CCN(c2ccccc2NC(=O)c2ccc(Cl)c([N+](=O)[O-])c2)CC1. The van der Waals surface area contributed by atoms with Crippen LogP contribution in [-0.2, 0) is 4.79 Å². The first-order valence-corrected chi connectivity index (χ1v) is 10.0. The Balaban J connectivity index is 1.75. The first-order chi connectivity index (χ1) is 14.3. The first kappa shape index (κ1) is 21.6. The minimum atomic E-state index is -0.620. The van der Waals surface area contributed by atoms with E-state index in [1.165, 1.54) is 12.1 Å². The molecule has 2 amide bonds. The number of nitrogens with zero attached hydrogens (tertiary/aromatic N) is 3. The Hall–Kier alpha value is -3.13. The van der Waals surface area contributed by atoms with Crippen LogP contribution in [0.15, 0.2) is 42.5 Å². The number of carbonyl (C=O) groups is 2. The van der Waals surface area contributed by atoms with Crippen LogP contribution < -0.4 is 10.2 Å². The fourth-order valence-electron chi connectivity index (χ4n) is 3.38. The van der Waals surface area contributed by atoms with Gasteiger partial charge in [0.15, 0.2) is 0 Å². The fourth-order valence-corrected chi connectivity index (χ4v) is 3.56. The number of halogens is 1. The Morgan fingerprint density at radius 3 is 2.40 bits per heavy atom. The third kappa shape index (κ3) is 4.71. The molecular weight excluding hydrogens is 408 g/mol. The van der Waals surface area contributed by atoms with Gasteiger partial charge in [0.25, 0.3) is 11.6 Å². The summed E-state index contributed by atoms with van der Waals surface area (Å²) >= 11 is 5.83. The van der Waals surface area contributed by atoms with Crippen molar-refractivity contribution in [2.24, 2.45) is 5.92 Å². The largest absolute Gasteiger partial charge is 0.366 e. The van der Waals surface area contributed by atoms with E-state index in [4.69, 9.17) is 11.6 Å². The molecule has 3 rings (SSSR count). The third-order valence-corrected chi connectivity index (χ3v) is 5.30. The van der Waals surface area contributed by atoms with E-state index in [2.05, 4.69) is 10.2 Å². The Morgan fingerprint density at radius 1 is 1.10 bits per heavy atom. The van der Waals surface area contributed by atoms with Gasteiger partial charge in [-0.15, -0.1) is 0 Å². The molecule has 8 nitrogen and oxygen atoms in total. The van der Waals surface area contributed by atoms with E-state index in [9.17, 15) is 19.7 Å². The zero-order valence-electron chi connectivity index (χ0n) is 16.8. The van der Waals surface area contributed by atoms with Gasteiger partial charge in [-0.1, -0.05) is 37.6 Å². The molecule has 2 aromatic rings. The molecule has 1 aliphatic heterocycles. The second-order valence-corrected chi connectivity index (χ2v) is 7.77. The Labute approximate surface area is 179 Å². The maximum absolute atomic E-state index is 12.7. The van der Waals surface area contributed by atoms with Crippen molar-refractivity contribution in [3.8, 4) is 0 Å². The van der Waals surface area contributed by atoms with Crippen LogP contribution >= 0.6 is 11.6 Å². The minimum Gasteiger partial charge on any atom is -0.366 e. The number of benzene rings is 2. The molecular formula is C21H23ClN4O4. The predicted molar refractivity (Wildman–Crippen MR) is 116 cm³/mol. The molecule has 0 aliphatic carbocycles. The minimum absolute atomic E-state index is 0.0224. The standard InChI is InChI=1S/C21H23ClN4O4/c1-14(2)21(28)25-11-9-24(10-12-25)18-6-4-3-5-17(18)23-20(27)15-7-8-16(22)19(13-15)26(29)30/h3-8,13-14H,9-12H2,1-2H3,(H,23,27). The summed E-state index contributed by atoms with van der Waals surface area (Å²) in [5, 5.41) is 13.9. The summed E-state index contributed by atoms with van der Waals surface area (Å²) in [6.45, 7) is 6.31. The Morgan fingerprint density at radius 2 is 1.77 bits per heavy atom. The maximum atomic E-state index is 12.7. The number of carbonyl (C=O) groups excluding carboxylic acids is 2. The number of hydrogen-bond acceptors (Lipinski definition) is 5. The van der Waals surface area contributed by atoms with E-state index < -0.39 is 10.8 Å². The topological polar surface area (TPSA) is 95.8 Å². The number of nitrogens with one attached hydrogen (secondary N) is 1. The van der Waals surface area contributed by atoms with Gasteiger partial charge in [-0.3, -0.25) is 19.7 Å². The van der Waals surface area contributed by atoms with Crippen molar-refractivity contribution in [1.29, 1.82) is 0 Å². The van der Waals surface area contributed by atoms with Gasteiger partial charge in [0.05, 0.1) is 16.3 Å². The molecule has 0 bridgehead atoms. The first-order valence-electron chi connectivity index (χ1n) is 9.66. The highest BCUT2D eigenvalue weighted by Crippen LogP contribution is 2.29. The summed E-state index contributed by atoms with van der Waals surface area (Å²) in [5.41, 5.74) is 1.27. The summed E-state index contributed by atoms with van der Waals surface area (Å²) in [5.74, 6) is -0.358. The van der Waals surface area contributed by atoms with E-state index >= 15 is 0 Å². The third-order valence-electron chi connectivity index (χ3n) is 4.98. The van der Waals surface area contributed by atoms with Gasteiger partial charge in [0, 0.05) is 43.7 Å². The molecule has 1 saturated heterocycles. The fraction of sp³-hybridized carbons (Fsp3) is 0.333. The number of rotatable bonds is 5. The number of amides is 2. The van der Waals surface area contributed by atoms with Crippen LogP contribution in [0.5, 0.6) is 0 Å². The lowest BCUT2D eigenvalue weighted by atomic mass is 10.1. The molecule has 158 valence electrons. The highest BCUT2D eigenvalue weighted by atomic mass is 35.5. The molecule has 2 aromatic carbocycles. The van der Waals surface area contributed by atoms with Crippen LogP contribution in [0.25, 0.3) is 0 Å². The number of nitro groups is 1. The van der Waals surface area contributed by atoms with Gasteiger partial charge in [-0.05, 0) is 24.3 Å². The highest BCUT2D eigenvalue weighted by Gasteiger charge is 2.24. The van der Waals surface area contributed by atoms with Gasteiger partial charge in [-0.25, -0.2) is 0 Å². The van der Waals surface area contributed by atoms with Crippen LogP contribution in [0.3, 0.4) is 0 Å². The molecule has 0 unspecified atom stereocenters. The second kappa shape index (κ2) is 9.13. The average Bonchev–Trinajstić information content (AvgIpc) is 2.73. The lowest BCUT2D eigenvalue weighted by molar-refractivity contribution is -0.384. The summed E-state index contributed by atoms with van der Waals surface area (Å²) < 4.78 is 0. The van der Waals surface area contributed by atoms with Crippen molar-refractivity contribution in [2.75, 3.05) is 36.4 Å². The van der Waals surface area contributed by atoms with Gasteiger partial charge in [0.1, 0.15) is 5.02 Å². The average molecular weight is 431 g/mol. The summed E-state index contributed by atoms with van der Waals surface area (Å²) in [6.07, 6.45) is 0. The van der Waals surface area contributed by atoms with Crippen molar-refractivity contribution in [2.45, 2.75) is 13.8 Å². The molecule has 1 N–H and O–H groups in total.